The van der Waals surface area contributed by atoms with Crippen LogP contribution in [0.2, 0.25) is 0 Å². The van der Waals surface area contributed by atoms with E-state index in [2.05, 4.69) is 10.6 Å². The highest BCUT2D eigenvalue weighted by molar-refractivity contribution is 7.12. The van der Waals surface area contributed by atoms with E-state index in [1.54, 1.807) is 41.3 Å². The molecule has 0 spiro atoms. The Morgan fingerprint density at radius 3 is 2.36 bits per heavy atom. The summed E-state index contributed by atoms with van der Waals surface area (Å²) in [5, 5.41) is 7.58. The van der Waals surface area contributed by atoms with Gasteiger partial charge in [-0.25, -0.2) is 0 Å². The van der Waals surface area contributed by atoms with Gasteiger partial charge in [0.15, 0.2) is 0 Å². The fraction of sp³-hybridized carbons (Fsp3) is 0.138. The monoisotopic (exact) mass is 495 g/mol. The Labute approximate surface area is 213 Å². The zero-order valence-corrected chi connectivity index (χ0v) is 20.3. The lowest BCUT2D eigenvalue weighted by atomic mass is 10.0. The molecule has 180 valence electrons. The van der Waals surface area contributed by atoms with Crippen LogP contribution in [0.25, 0.3) is 0 Å². The van der Waals surface area contributed by atoms with Crippen molar-refractivity contribution in [3.05, 3.63) is 118 Å². The van der Waals surface area contributed by atoms with Gasteiger partial charge in [-0.2, -0.15) is 0 Å². The van der Waals surface area contributed by atoms with Crippen LogP contribution in [0.4, 0.5) is 11.4 Å². The fourth-order valence-corrected chi connectivity index (χ4v) is 4.95. The Kier molecular flexibility index (Phi) is 6.91. The maximum absolute atomic E-state index is 13.2. The highest BCUT2D eigenvalue weighted by Gasteiger charge is 2.26. The van der Waals surface area contributed by atoms with Crippen molar-refractivity contribution >= 4 is 40.4 Å². The fourth-order valence-electron chi connectivity index (χ4n) is 4.33. The van der Waals surface area contributed by atoms with E-state index in [-0.39, 0.29) is 17.7 Å². The molecular formula is C29H25N3O3S. The van der Waals surface area contributed by atoms with Gasteiger partial charge < -0.3 is 15.5 Å². The van der Waals surface area contributed by atoms with Crippen LogP contribution in [-0.4, -0.2) is 30.3 Å². The lowest BCUT2D eigenvalue weighted by Gasteiger charge is -2.19. The molecule has 0 aliphatic carbocycles. The van der Waals surface area contributed by atoms with Crippen LogP contribution in [0.1, 0.15) is 31.2 Å². The topological polar surface area (TPSA) is 78.5 Å². The third-order valence-electron chi connectivity index (χ3n) is 6.18. The second kappa shape index (κ2) is 10.6. The minimum absolute atomic E-state index is 0.0667. The molecule has 5 rings (SSSR count). The minimum Gasteiger partial charge on any atom is -0.339 e. The first-order chi connectivity index (χ1) is 17.6. The molecule has 1 atom stereocenters. The molecule has 1 aliphatic rings. The Morgan fingerprint density at radius 2 is 1.61 bits per heavy atom. The van der Waals surface area contributed by atoms with Crippen molar-refractivity contribution in [2.75, 3.05) is 16.8 Å². The van der Waals surface area contributed by atoms with Crippen molar-refractivity contribution in [1.29, 1.82) is 0 Å². The molecule has 0 bridgehead atoms. The zero-order valence-electron chi connectivity index (χ0n) is 19.5. The van der Waals surface area contributed by atoms with Crippen LogP contribution in [0, 0.1) is 0 Å². The molecule has 2 N–H and O–H groups in total. The maximum atomic E-state index is 13.2. The van der Waals surface area contributed by atoms with Gasteiger partial charge >= 0.3 is 0 Å². The first-order valence-corrected chi connectivity index (χ1v) is 12.7. The molecule has 1 aromatic heterocycles. The number of nitrogens with zero attached hydrogens (tertiary/aromatic N) is 1. The highest BCUT2D eigenvalue weighted by Crippen LogP contribution is 2.29. The summed E-state index contributed by atoms with van der Waals surface area (Å²) in [5.41, 5.74) is 4.17. The van der Waals surface area contributed by atoms with Gasteiger partial charge in [-0.15, -0.1) is 11.3 Å². The SMILES string of the molecule is O=C(NC(Cc1ccccc1)C(=O)Nc1ccc(C(=O)N2CCc3ccccc32)cc1)c1cccs1. The molecule has 0 radical (unpaired) electrons. The number of carbonyl (C=O) groups excluding carboxylic acids is 3. The van der Waals surface area contributed by atoms with Crippen molar-refractivity contribution in [3.63, 3.8) is 0 Å². The summed E-state index contributed by atoms with van der Waals surface area (Å²) >= 11 is 1.33. The molecule has 4 aromatic rings. The number of hydrogen-bond acceptors (Lipinski definition) is 4. The molecule has 3 aromatic carbocycles. The Hall–Kier alpha value is -4.23. The Morgan fingerprint density at radius 1 is 0.861 bits per heavy atom. The summed E-state index contributed by atoms with van der Waals surface area (Å²) in [6.45, 7) is 0.655. The highest BCUT2D eigenvalue weighted by atomic mass is 32.1. The van der Waals surface area contributed by atoms with E-state index in [9.17, 15) is 14.4 Å². The van der Waals surface area contributed by atoms with Gasteiger partial charge in [0.1, 0.15) is 6.04 Å². The third-order valence-corrected chi connectivity index (χ3v) is 7.05. The predicted molar refractivity (Wildman–Crippen MR) is 143 cm³/mol. The number of carbonyl (C=O) groups is 3. The Bertz CT molecular complexity index is 1370. The van der Waals surface area contributed by atoms with E-state index >= 15 is 0 Å². The number of amides is 3. The van der Waals surface area contributed by atoms with E-state index < -0.39 is 6.04 Å². The number of nitrogens with one attached hydrogen (secondary N) is 2. The van der Waals surface area contributed by atoms with Crippen molar-refractivity contribution in [1.82, 2.24) is 5.32 Å². The molecule has 2 heterocycles. The van der Waals surface area contributed by atoms with Crippen LogP contribution >= 0.6 is 11.3 Å². The second-order valence-electron chi connectivity index (χ2n) is 8.60. The van der Waals surface area contributed by atoms with Gasteiger partial charge in [0.25, 0.3) is 11.8 Å². The van der Waals surface area contributed by atoms with Crippen molar-refractivity contribution in [2.24, 2.45) is 0 Å². The molecule has 7 heteroatoms. The van der Waals surface area contributed by atoms with Crippen LogP contribution in [-0.2, 0) is 17.6 Å². The quantitative estimate of drug-likeness (QED) is 0.382. The van der Waals surface area contributed by atoms with E-state index in [0.717, 1.165) is 17.7 Å². The van der Waals surface area contributed by atoms with Gasteiger partial charge in [-0.1, -0.05) is 54.6 Å². The van der Waals surface area contributed by atoms with Gasteiger partial charge in [-0.3, -0.25) is 14.4 Å². The standard InChI is InChI=1S/C29H25N3O3S/c33-27(24(19-20-7-2-1-3-8-20)31-28(34)26-11-6-18-36-26)30-23-14-12-22(13-15-23)29(35)32-17-16-21-9-4-5-10-25(21)32/h1-15,18,24H,16-17,19H2,(H,30,33)(H,31,34). The maximum Gasteiger partial charge on any atom is 0.262 e. The summed E-state index contributed by atoms with van der Waals surface area (Å²) in [7, 11) is 0. The molecule has 36 heavy (non-hydrogen) atoms. The van der Waals surface area contributed by atoms with Crippen LogP contribution in [0.3, 0.4) is 0 Å². The first-order valence-electron chi connectivity index (χ1n) is 11.8. The molecular weight excluding hydrogens is 470 g/mol. The van der Waals surface area contributed by atoms with E-state index in [4.69, 9.17) is 0 Å². The number of rotatable bonds is 7. The summed E-state index contributed by atoms with van der Waals surface area (Å²) < 4.78 is 0. The van der Waals surface area contributed by atoms with Gasteiger partial charge in [-0.05, 0) is 59.3 Å². The first kappa shape index (κ1) is 23.5. The summed E-state index contributed by atoms with van der Waals surface area (Å²) in [4.78, 5) is 41.3. The largest absolute Gasteiger partial charge is 0.339 e. The molecule has 1 aliphatic heterocycles. The predicted octanol–water partition coefficient (Wildman–Crippen LogP) is 4.93. The summed E-state index contributed by atoms with van der Waals surface area (Å²) in [6, 6.07) is 27.1. The normalized spacial score (nSPS) is 13.1. The molecule has 6 nitrogen and oxygen atoms in total. The third kappa shape index (κ3) is 5.21. The van der Waals surface area contributed by atoms with Crippen molar-refractivity contribution in [2.45, 2.75) is 18.9 Å². The molecule has 0 saturated carbocycles. The number of fused-ring (bicyclic) bond motifs is 1. The molecule has 1 unspecified atom stereocenters. The van der Waals surface area contributed by atoms with E-state index in [0.29, 0.717) is 29.1 Å². The summed E-state index contributed by atoms with van der Waals surface area (Å²) in [6.07, 6.45) is 1.20. The van der Waals surface area contributed by atoms with Gasteiger partial charge in [0.2, 0.25) is 5.91 Å². The molecule has 3 amide bonds. The number of anilines is 2. The smallest absolute Gasteiger partial charge is 0.262 e. The van der Waals surface area contributed by atoms with Gasteiger partial charge in [0.05, 0.1) is 4.88 Å². The summed E-state index contributed by atoms with van der Waals surface area (Å²) in [5.74, 6) is -0.674. The number of para-hydroxylation sites is 1. The lowest BCUT2D eigenvalue weighted by Crippen LogP contribution is -2.45. The number of thiophene rings is 1. The molecule has 0 fully saturated rings. The average molecular weight is 496 g/mol. The van der Waals surface area contributed by atoms with Crippen molar-refractivity contribution in [3.8, 4) is 0 Å². The van der Waals surface area contributed by atoms with Crippen LogP contribution in [0.15, 0.2) is 96.4 Å². The lowest BCUT2D eigenvalue weighted by molar-refractivity contribution is -0.118. The molecule has 0 saturated heterocycles. The second-order valence-corrected chi connectivity index (χ2v) is 9.54. The van der Waals surface area contributed by atoms with Crippen molar-refractivity contribution < 1.29 is 14.4 Å². The van der Waals surface area contributed by atoms with Crippen LogP contribution in [0.5, 0.6) is 0 Å². The Balaban J connectivity index is 1.28. The minimum atomic E-state index is -0.760. The van der Waals surface area contributed by atoms with E-state index in [1.807, 2.05) is 60.0 Å². The zero-order chi connectivity index (χ0) is 24.9. The van der Waals surface area contributed by atoms with Gasteiger partial charge in [0, 0.05) is 29.9 Å². The number of benzene rings is 3. The van der Waals surface area contributed by atoms with Crippen LogP contribution < -0.4 is 15.5 Å². The average Bonchev–Trinajstić information content (AvgIpc) is 3.60. The van der Waals surface area contributed by atoms with E-state index in [1.165, 1.54) is 16.9 Å². The number of hydrogen-bond donors (Lipinski definition) is 2.